The van der Waals surface area contributed by atoms with Crippen LogP contribution in [0.3, 0.4) is 0 Å². The molecule has 3 aromatic carbocycles. The van der Waals surface area contributed by atoms with Crippen LogP contribution in [0.25, 0.3) is 11.1 Å². The topological polar surface area (TPSA) is 94.5 Å². The van der Waals surface area contributed by atoms with E-state index in [0.29, 0.717) is 23.7 Å². The Morgan fingerprint density at radius 1 is 0.761 bits per heavy atom. The van der Waals surface area contributed by atoms with Crippen molar-refractivity contribution in [3.63, 3.8) is 0 Å². The summed E-state index contributed by atoms with van der Waals surface area (Å²) in [6.07, 6.45) is 3.80. The van der Waals surface area contributed by atoms with Gasteiger partial charge in [0, 0.05) is 29.8 Å². The van der Waals surface area contributed by atoms with E-state index in [9.17, 15) is 14.7 Å². The van der Waals surface area contributed by atoms with E-state index in [0.717, 1.165) is 47.7 Å². The van der Waals surface area contributed by atoms with Gasteiger partial charge >= 0.3 is 11.9 Å². The molecular formula is C38H45NO7. The minimum atomic E-state index is -0.713. The lowest BCUT2D eigenvalue weighted by Gasteiger charge is -2.27. The van der Waals surface area contributed by atoms with Crippen LogP contribution in [0.15, 0.2) is 60.7 Å². The van der Waals surface area contributed by atoms with Crippen LogP contribution in [0.1, 0.15) is 77.5 Å². The molecule has 5 rings (SSSR count). The maximum atomic E-state index is 12.6. The summed E-state index contributed by atoms with van der Waals surface area (Å²) in [7, 11) is 0. The van der Waals surface area contributed by atoms with Crippen LogP contribution < -0.4 is 18.9 Å². The van der Waals surface area contributed by atoms with Gasteiger partial charge in [-0.15, -0.1) is 0 Å². The number of aromatic hydroxyl groups is 1. The van der Waals surface area contributed by atoms with E-state index < -0.39 is 16.8 Å². The molecule has 0 amide bonds. The van der Waals surface area contributed by atoms with Gasteiger partial charge in [0.2, 0.25) is 0 Å². The first kappa shape index (κ1) is 33.1. The van der Waals surface area contributed by atoms with E-state index >= 15 is 0 Å². The van der Waals surface area contributed by atoms with Gasteiger partial charge in [0.25, 0.3) is 0 Å². The van der Waals surface area contributed by atoms with Crippen LogP contribution in [0.5, 0.6) is 28.7 Å². The van der Waals surface area contributed by atoms with Crippen LogP contribution in [0, 0.1) is 10.8 Å². The summed E-state index contributed by atoms with van der Waals surface area (Å²) in [5.41, 5.74) is 2.49. The largest absolute Gasteiger partial charge is 0.507 e. The van der Waals surface area contributed by atoms with E-state index in [2.05, 4.69) is 4.90 Å². The second-order valence-electron chi connectivity index (χ2n) is 14.0. The molecule has 0 saturated carbocycles. The number of piperidine rings is 1. The van der Waals surface area contributed by atoms with Crippen molar-refractivity contribution in [2.75, 3.05) is 32.8 Å². The molecular weight excluding hydrogens is 582 g/mol. The molecule has 0 spiro atoms. The summed E-state index contributed by atoms with van der Waals surface area (Å²) in [5.74, 6) is 1.04. The fourth-order valence-corrected chi connectivity index (χ4v) is 5.36. The highest BCUT2D eigenvalue weighted by molar-refractivity contribution is 6.03. The fraction of sp³-hybridized carbons (Fsp3) is 0.421. The molecule has 2 aliphatic heterocycles. The van der Waals surface area contributed by atoms with E-state index in [4.69, 9.17) is 18.9 Å². The van der Waals surface area contributed by atoms with Crippen molar-refractivity contribution in [2.45, 2.75) is 60.8 Å². The van der Waals surface area contributed by atoms with Gasteiger partial charge in [-0.2, -0.15) is 0 Å². The van der Waals surface area contributed by atoms with Gasteiger partial charge in [0.1, 0.15) is 42.0 Å². The second-order valence-corrected chi connectivity index (χ2v) is 14.0. The van der Waals surface area contributed by atoms with Crippen LogP contribution in [0.4, 0.5) is 0 Å². The van der Waals surface area contributed by atoms with E-state index in [-0.39, 0.29) is 24.1 Å². The van der Waals surface area contributed by atoms with Gasteiger partial charge in [-0.05, 0) is 103 Å². The van der Waals surface area contributed by atoms with Crippen molar-refractivity contribution >= 4 is 23.1 Å². The first-order chi connectivity index (χ1) is 21.8. The van der Waals surface area contributed by atoms with Crippen molar-refractivity contribution in [2.24, 2.45) is 10.8 Å². The van der Waals surface area contributed by atoms with E-state index in [1.165, 1.54) is 25.3 Å². The smallest absolute Gasteiger partial charge is 0.316 e. The Hall–Kier alpha value is -4.30. The number of likely N-dealkylation sites (tertiary alicyclic amines) is 1. The van der Waals surface area contributed by atoms with Crippen molar-refractivity contribution in [3.8, 4) is 28.7 Å². The molecule has 0 bridgehead atoms. The molecule has 0 unspecified atom stereocenters. The average molecular weight is 628 g/mol. The van der Waals surface area contributed by atoms with Crippen LogP contribution in [0.2, 0.25) is 0 Å². The molecule has 2 heterocycles. The average Bonchev–Trinajstić information content (AvgIpc) is 3.01. The van der Waals surface area contributed by atoms with E-state index in [1.807, 2.05) is 57.2 Å². The molecule has 3 aromatic rings. The van der Waals surface area contributed by atoms with Crippen LogP contribution >= 0.6 is 0 Å². The number of benzene rings is 3. The van der Waals surface area contributed by atoms with Gasteiger partial charge in [0.15, 0.2) is 0 Å². The maximum Gasteiger partial charge on any atom is 0.316 e. The zero-order valence-electron chi connectivity index (χ0n) is 27.8. The quantitative estimate of drug-likeness (QED) is 0.203. The number of esters is 2. The molecule has 1 fully saturated rings. The van der Waals surface area contributed by atoms with E-state index in [1.54, 1.807) is 39.0 Å². The Morgan fingerprint density at radius 2 is 1.33 bits per heavy atom. The Labute approximate surface area is 271 Å². The van der Waals surface area contributed by atoms with Gasteiger partial charge in [-0.25, -0.2) is 0 Å². The normalized spacial score (nSPS) is 15.5. The van der Waals surface area contributed by atoms with Gasteiger partial charge in [-0.3, -0.25) is 14.5 Å². The van der Waals surface area contributed by atoms with Gasteiger partial charge < -0.3 is 24.1 Å². The zero-order valence-corrected chi connectivity index (χ0v) is 27.8. The highest BCUT2D eigenvalue weighted by Crippen LogP contribution is 2.47. The van der Waals surface area contributed by atoms with Crippen molar-refractivity contribution in [3.05, 3.63) is 77.4 Å². The monoisotopic (exact) mass is 627 g/mol. The number of phenolic OH excluding ortho intramolecular Hbond substituents is 1. The number of carbonyl (C=O) groups is 2. The Morgan fingerprint density at radius 3 is 1.93 bits per heavy atom. The summed E-state index contributed by atoms with van der Waals surface area (Å²) in [6.45, 7) is 14.7. The molecule has 1 N–H and O–H groups in total. The minimum Gasteiger partial charge on any atom is -0.507 e. The zero-order chi connectivity index (χ0) is 33.1. The highest BCUT2D eigenvalue weighted by atomic mass is 16.5. The number of rotatable bonds is 8. The molecule has 8 nitrogen and oxygen atoms in total. The molecule has 244 valence electrons. The number of hydrogen-bond acceptors (Lipinski definition) is 8. The van der Waals surface area contributed by atoms with Crippen molar-refractivity contribution < 1.29 is 33.6 Å². The number of ether oxygens (including phenoxy) is 4. The lowest BCUT2D eigenvalue weighted by atomic mass is 9.87. The third-order valence-electron chi connectivity index (χ3n) is 8.10. The second kappa shape index (κ2) is 13.6. The molecule has 0 aromatic heterocycles. The van der Waals surface area contributed by atoms with Crippen molar-refractivity contribution in [1.29, 1.82) is 0 Å². The first-order valence-corrected chi connectivity index (χ1v) is 16.0. The Bertz CT molecular complexity index is 1590. The standard InChI is InChI=1S/C38H45NO7/c1-37(2,3)35(41)45-28-16-10-25(11-17-28)30-24-44-32-23-29(46-36(42)38(4,5)6)22-31(40)34(32)33(30)26-12-14-27(15-13-26)43-21-20-39-18-8-7-9-19-39/h10-17,22-23,40H,7-9,18-21,24H2,1-6H3. The number of phenols is 1. The molecule has 8 heteroatoms. The summed E-state index contributed by atoms with van der Waals surface area (Å²) < 4.78 is 23.4. The number of hydrogen-bond donors (Lipinski definition) is 1. The summed E-state index contributed by atoms with van der Waals surface area (Å²) in [5, 5.41) is 11.4. The Kier molecular flexibility index (Phi) is 9.77. The molecule has 0 radical (unpaired) electrons. The molecule has 2 aliphatic rings. The minimum absolute atomic E-state index is 0.0704. The summed E-state index contributed by atoms with van der Waals surface area (Å²) in [4.78, 5) is 27.5. The maximum absolute atomic E-state index is 12.6. The van der Waals surface area contributed by atoms with Gasteiger partial charge in [0.05, 0.1) is 16.4 Å². The third-order valence-corrected chi connectivity index (χ3v) is 8.10. The van der Waals surface area contributed by atoms with Gasteiger partial charge in [-0.1, -0.05) is 30.7 Å². The number of fused-ring (bicyclic) bond motifs is 1. The predicted octanol–water partition coefficient (Wildman–Crippen LogP) is 7.51. The molecule has 0 aliphatic carbocycles. The Balaban J connectivity index is 1.47. The third kappa shape index (κ3) is 7.91. The number of nitrogens with zero attached hydrogens (tertiary/aromatic N) is 1. The molecule has 46 heavy (non-hydrogen) atoms. The van der Waals surface area contributed by atoms with Crippen LogP contribution in [-0.4, -0.2) is 54.8 Å². The fourth-order valence-electron chi connectivity index (χ4n) is 5.36. The SMILES string of the molecule is CC(C)(C)C(=O)Oc1ccc(C2=C(c3ccc(OCCN4CCCCC4)cc3)c3c(O)cc(OC(=O)C(C)(C)C)cc3OC2)cc1. The lowest BCUT2D eigenvalue weighted by Crippen LogP contribution is -2.33. The van der Waals surface area contributed by atoms with Crippen LogP contribution in [-0.2, 0) is 9.59 Å². The number of carbonyl (C=O) groups excluding carboxylic acids is 2. The summed E-state index contributed by atoms with van der Waals surface area (Å²) >= 11 is 0. The highest BCUT2D eigenvalue weighted by Gasteiger charge is 2.29. The summed E-state index contributed by atoms with van der Waals surface area (Å²) in [6, 6.07) is 18.2. The molecule has 0 atom stereocenters. The molecule has 1 saturated heterocycles. The first-order valence-electron chi connectivity index (χ1n) is 16.0. The predicted molar refractivity (Wildman–Crippen MR) is 178 cm³/mol. The van der Waals surface area contributed by atoms with Crippen molar-refractivity contribution in [1.82, 2.24) is 4.90 Å². The lowest BCUT2D eigenvalue weighted by molar-refractivity contribution is -0.143.